The standard InChI is InChI=1S/C30H44N4O5S/c1-28(2,3)39-27(36)32-30(22-23-13-9-8-10-14-23,26(35)17-19-29(4,5)18-12-20-31)33-40(37,38)25-16-11-15-24(21-25)34(6)7/h8-11,13-16,21,26,33,35H,12,17-19,22H2,1-7H3,(H,32,36). The van der Waals surface area contributed by atoms with E-state index in [-0.39, 0.29) is 23.2 Å². The molecule has 0 saturated heterocycles. The molecule has 2 aromatic carbocycles. The van der Waals surface area contributed by atoms with Crippen LogP contribution in [-0.2, 0) is 21.2 Å². The molecule has 2 aromatic rings. The summed E-state index contributed by atoms with van der Waals surface area (Å²) in [6, 6.07) is 17.6. The molecule has 2 atom stereocenters. The molecule has 0 fully saturated rings. The molecule has 10 heteroatoms. The lowest BCUT2D eigenvalue weighted by molar-refractivity contribution is 0.00964. The highest BCUT2D eigenvalue weighted by Gasteiger charge is 2.45. The Kier molecular flexibility index (Phi) is 11.2. The highest BCUT2D eigenvalue weighted by Crippen LogP contribution is 2.32. The number of nitriles is 1. The number of aliphatic hydroxyl groups excluding tert-OH is 1. The third kappa shape index (κ3) is 10.1. The van der Waals surface area contributed by atoms with Crippen LogP contribution in [0.1, 0.15) is 65.9 Å². The molecule has 2 unspecified atom stereocenters. The zero-order valence-corrected chi connectivity index (χ0v) is 25.5. The second kappa shape index (κ2) is 13.5. The highest BCUT2D eigenvalue weighted by atomic mass is 32.2. The lowest BCUT2D eigenvalue weighted by Crippen LogP contribution is -2.68. The van der Waals surface area contributed by atoms with E-state index in [0.717, 1.165) is 0 Å². The van der Waals surface area contributed by atoms with Gasteiger partial charge in [-0.2, -0.15) is 9.98 Å². The normalized spacial score (nSPS) is 14.5. The van der Waals surface area contributed by atoms with Gasteiger partial charge in [-0.25, -0.2) is 13.2 Å². The Morgan fingerprint density at radius 3 is 2.27 bits per heavy atom. The lowest BCUT2D eigenvalue weighted by Gasteiger charge is -2.40. The number of ether oxygens (including phenoxy) is 1. The van der Waals surface area contributed by atoms with Crippen LogP contribution in [0.5, 0.6) is 0 Å². The molecule has 0 bridgehead atoms. The number of carbonyl (C=O) groups is 1. The van der Waals surface area contributed by atoms with Gasteiger partial charge in [0.05, 0.1) is 17.1 Å². The Balaban J connectivity index is 2.61. The zero-order chi connectivity index (χ0) is 30.2. The Morgan fingerprint density at radius 2 is 1.70 bits per heavy atom. The minimum absolute atomic E-state index is 0.0105. The monoisotopic (exact) mass is 572 g/mol. The first-order valence-electron chi connectivity index (χ1n) is 13.4. The van der Waals surface area contributed by atoms with Gasteiger partial charge in [0.2, 0.25) is 10.0 Å². The van der Waals surface area contributed by atoms with E-state index in [9.17, 15) is 18.3 Å². The molecule has 40 heavy (non-hydrogen) atoms. The first kappa shape index (κ1) is 33.1. The van der Waals surface area contributed by atoms with Crippen LogP contribution >= 0.6 is 0 Å². The predicted octanol–water partition coefficient (Wildman–Crippen LogP) is 4.97. The largest absolute Gasteiger partial charge is 0.444 e. The molecule has 220 valence electrons. The Bertz CT molecular complexity index is 1270. The summed E-state index contributed by atoms with van der Waals surface area (Å²) in [4.78, 5) is 14.9. The predicted molar refractivity (Wildman–Crippen MR) is 157 cm³/mol. The van der Waals surface area contributed by atoms with Crippen LogP contribution in [-0.4, -0.2) is 51.1 Å². The molecule has 0 aliphatic heterocycles. The minimum atomic E-state index is -4.25. The number of alkyl carbamates (subject to hydrolysis) is 1. The number of rotatable bonds is 13. The van der Waals surface area contributed by atoms with Crippen molar-refractivity contribution >= 4 is 21.8 Å². The Morgan fingerprint density at radius 1 is 1.05 bits per heavy atom. The number of carbonyl (C=O) groups excluding carboxylic acids is 1. The molecule has 0 aromatic heterocycles. The van der Waals surface area contributed by atoms with Crippen LogP contribution in [0.15, 0.2) is 59.5 Å². The van der Waals surface area contributed by atoms with Crippen molar-refractivity contribution in [2.45, 2.75) is 89.0 Å². The number of benzene rings is 2. The molecule has 0 spiro atoms. The average molecular weight is 573 g/mol. The third-order valence-corrected chi connectivity index (χ3v) is 8.10. The van der Waals surface area contributed by atoms with E-state index in [1.165, 1.54) is 12.1 Å². The van der Waals surface area contributed by atoms with Gasteiger partial charge in [0.25, 0.3) is 0 Å². The van der Waals surface area contributed by atoms with Gasteiger partial charge in [-0.3, -0.25) is 5.32 Å². The summed E-state index contributed by atoms with van der Waals surface area (Å²) in [5.41, 5.74) is -1.62. The van der Waals surface area contributed by atoms with Gasteiger partial charge >= 0.3 is 6.09 Å². The van der Waals surface area contributed by atoms with E-state index in [4.69, 9.17) is 10.00 Å². The maximum Gasteiger partial charge on any atom is 0.409 e. The van der Waals surface area contributed by atoms with Crippen molar-refractivity contribution in [2.75, 3.05) is 19.0 Å². The van der Waals surface area contributed by atoms with Crippen LogP contribution in [0, 0.1) is 16.7 Å². The number of hydrogen-bond donors (Lipinski definition) is 3. The van der Waals surface area contributed by atoms with Crippen LogP contribution < -0.4 is 14.9 Å². The molecule has 0 heterocycles. The van der Waals surface area contributed by atoms with Crippen molar-refractivity contribution in [1.82, 2.24) is 10.0 Å². The van der Waals surface area contributed by atoms with Crippen molar-refractivity contribution in [3.63, 3.8) is 0 Å². The molecule has 2 rings (SSSR count). The van der Waals surface area contributed by atoms with Gasteiger partial charge in [0, 0.05) is 32.6 Å². The number of nitrogens with zero attached hydrogens (tertiary/aromatic N) is 2. The Hall–Kier alpha value is -3.13. The van der Waals surface area contributed by atoms with E-state index < -0.39 is 33.5 Å². The van der Waals surface area contributed by atoms with Crippen molar-refractivity contribution < 1.29 is 23.1 Å². The summed E-state index contributed by atoms with van der Waals surface area (Å²) in [6.07, 6.45) is -0.626. The fraction of sp³-hybridized carbons (Fsp3) is 0.533. The molecule has 9 nitrogen and oxygen atoms in total. The smallest absolute Gasteiger partial charge is 0.409 e. The van der Waals surface area contributed by atoms with E-state index in [1.54, 1.807) is 76.2 Å². The van der Waals surface area contributed by atoms with Gasteiger partial charge in [-0.05, 0) is 69.2 Å². The summed E-state index contributed by atoms with van der Waals surface area (Å²) < 4.78 is 35.9. The highest BCUT2D eigenvalue weighted by molar-refractivity contribution is 7.89. The van der Waals surface area contributed by atoms with Gasteiger partial charge in [0.15, 0.2) is 0 Å². The molecule has 0 radical (unpaired) electrons. The summed E-state index contributed by atoms with van der Waals surface area (Å²) in [5, 5.41) is 23.5. The summed E-state index contributed by atoms with van der Waals surface area (Å²) in [7, 11) is -0.634. The maximum absolute atomic E-state index is 13.9. The molecule has 1 amide bonds. The van der Waals surface area contributed by atoms with Gasteiger partial charge in [0.1, 0.15) is 11.3 Å². The zero-order valence-electron chi connectivity index (χ0n) is 24.7. The second-order valence-corrected chi connectivity index (χ2v) is 13.8. The summed E-state index contributed by atoms with van der Waals surface area (Å²) in [5.74, 6) is 0. The maximum atomic E-state index is 13.9. The molecular weight excluding hydrogens is 528 g/mol. The quantitative estimate of drug-likeness (QED) is 0.289. The first-order chi connectivity index (χ1) is 18.5. The number of anilines is 1. The number of nitrogens with one attached hydrogen (secondary N) is 2. The van der Waals surface area contributed by atoms with E-state index in [2.05, 4.69) is 16.1 Å². The molecular formula is C30H44N4O5S. The molecule has 0 saturated carbocycles. The Labute approximate surface area is 239 Å². The van der Waals surface area contributed by atoms with Gasteiger partial charge in [-0.1, -0.05) is 50.2 Å². The third-order valence-electron chi connectivity index (χ3n) is 6.59. The van der Waals surface area contributed by atoms with Gasteiger partial charge < -0.3 is 14.7 Å². The molecule has 3 N–H and O–H groups in total. The van der Waals surface area contributed by atoms with Crippen molar-refractivity contribution in [3.8, 4) is 6.07 Å². The number of amides is 1. The summed E-state index contributed by atoms with van der Waals surface area (Å²) in [6.45, 7) is 9.10. The number of aliphatic hydroxyl groups is 1. The van der Waals surface area contributed by atoms with Crippen molar-refractivity contribution in [1.29, 1.82) is 5.26 Å². The van der Waals surface area contributed by atoms with Crippen LogP contribution in [0.25, 0.3) is 0 Å². The topological polar surface area (TPSA) is 132 Å². The van der Waals surface area contributed by atoms with E-state index in [1.807, 2.05) is 19.9 Å². The second-order valence-electron chi connectivity index (χ2n) is 12.1. The van der Waals surface area contributed by atoms with Crippen LogP contribution in [0.2, 0.25) is 0 Å². The van der Waals surface area contributed by atoms with Crippen LogP contribution in [0.4, 0.5) is 10.5 Å². The average Bonchev–Trinajstić information content (AvgIpc) is 2.85. The van der Waals surface area contributed by atoms with Crippen LogP contribution in [0.3, 0.4) is 0 Å². The fourth-order valence-electron chi connectivity index (χ4n) is 4.30. The fourth-order valence-corrected chi connectivity index (χ4v) is 5.69. The molecule has 0 aliphatic carbocycles. The summed E-state index contributed by atoms with van der Waals surface area (Å²) >= 11 is 0. The SMILES string of the molecule is CN(C)c1cccc(S(=O)(=O)NC(Cc2ccccc2)(NC(=O)OC(C)(C)C)C(O)CCC(C)(C)CCC#N)c1. The number of hydrogen-bond acceptors (Lipinski definition) is 7. The van der Waals surface area contributed by atoms with Crippen molar-refractivity contribution in [2.24, 2.45) is 5.41 Å². The van der Waals surface area contributed by atoms with Crippen molar-refractivity contribution in [3.05, 3.63) is 60.2 Å². The first-order valence-corrected chi connectivity index (χ1v) is 14.9. The van der Waals surface area contributed by atoms with E-state index in [0.29, 0.717) is 30.5 Å². The minimum Gasteiger partial charge on any atom is -0.444 e. The number of sulfonamides is 1. The van der Waals surface area contributed by atoms with Gasteiger partial charge in [-0.15, -0.1) is 0 Å². The lowest BCUT2D eigenvalue weighted by atomic mass is 9.80. The van der Waals surface area contributed by atoms with E-state index >= 15 is 0 Å². The molecule has 0 aliphatic rings.